The van der Waals surface area contributed by atoms with Crippen LogP contribution in [-0.4, -0.2) is 59.7 Å². The lowest BCUT2D eigenvalue weighted by atomic mass is 9.82. The second-order valence-electron chi connectivity index (χ2n) is 8.39. The van der Waals surface area contributed by atoms with Crippen molar-refractivity contribution in [3.8, 4) is 0 Å². The monoisotopic (exact) mass is 379 g/mol. The predicted molar refractivity (Wildman–Crippen MR) is 113 cm³/mol. The Morgan fingerprint density at radius 1 is 0.929 bits per heavy atom. The molecule has 3 heterocycles. The van der Waals surface area contributed by atoms with Gasteiger partial charge in [0.15, 0.2) is 0 Å². The molecule has 0 spiro atoms. The van der Waals surface area contributed by atoms with Crippen molar-refractivity contribution < 1.29 is 4.74 Å². The van der Waals surface area contributed by atoms with Gasteiger partial charge in [-0.2, -0.15) is 0 Å². The van der Waals surface area contributed by atoms with E-state index < -0.39 is 0 Å². The average Bonchev–Trinajstić information content (AvgIpc) is 2.75. The summed E-state index contributed by atoms with van der Waals surface area (Å²) < 4.78 is 5.73. The zero-order valence-electron chi connectivity index (χ0n) is 17.1. The summed E-state index contributed by atoms with van der Waals surface area (Å²) in [5, 5.41) is 0. The van der Waals surface area contributed by atoms with Crippen molar-refractivity contribution in [2.45, 2.75) is 44.7 Å². The van der Waals surface area contributed by atoms with Gasteiger partial charge >= 0.3 is 0 Å². The van der Waals surface area contributed by atoms with Gasteiger partial charge in [-0.15, -0.1) is 0 Å². The van der Waals surface area contributed by atoms with Crippen molar-refractivity contribution in [2.24, 2.45) is 0 Å². The van der Waals surface area contributed by atoms with Crippen molar-refractivity contribution in [3.05, 3.63) is 65.5 Å². The van der Waals surface area contributed by atoms with Crippen LogP contribution < -0.4 is 0 Å². The molecule has 2 fully saturated rings. The maximum Gasteiger partial charge on any atom is 0.0483 e. The summed E-state index contributed by atoms with van der Waals surface area (Å²) in [6.45, 7) is 9.57. The average molecular weight is 380 g/mol. The number of aromatic nitrogens is 1. The topological polar surface area (TPSA) is 28.6 Å². The fraction of sp³-hybridized carbons (Fsp3) is 0.542. The first-order chi connectivity index (χ1) is 13.7. The van der Waals surface area contributed by atoms with E-state index in [-0.39, 0.29) is 0 Å². The van der Waals surface area contributed by atoms with Gasteiger partial charge in [-0.25, -0.2) is 0 Å². The number of ether oxygens (including phenoxy) is 1. The normalized spacial score (nSPS) is 20.9. The van der Waals surface area contributed by atoms with Crippen LogP contribution in [0.25, 0.3) is 0 Å². The highest BCUT2D eigenvalue weighted by molar-refractivity contribution is 5.15. The standard InChI is InChI=1S/C24H33N3O/c1-21-7-8-22(19-25-21)9-10-24(11-17-28-18-12-24)27-15-13-26(14-16-27)20-23-5-3-2-4-6-23/h2-8,19H,9-18,20H2,1H3. The molecular weight excluding hydrogens is 346 g/mol. The predicted octanol–water partition coefficient (Wildman–Crippen LogP) is 3.69. The largest absolute Gasteiger partial charge is 0.381 e. The lowest BCUT2D eigenvalue weighted by Crippen LogP contribution is -2.59. The van der Waals surface area contributed by atoms with Crippen LogP contribution in [0, 0.1) is 6.92 Å². The number of hydrogen-bond acceptors (Lipinski definition) is 4. The number of rotatable bonds is 6. The van der Waals surface area contributed by atoms with Gasteiger partial charge in [-0.1, -0.05) is 36.4 Å². The van der Waals surface area contributed by atoms with E-state index in [1.54, 1.807) is 0 Å². The first-order valence-corrected chi connectivity index (χ1v) is 10.7. The smallest absolute Gasteiger partial charge is 0.0483 e. The Kier molecular flexibility index (Phi) is 6.40. The van der Waals surface area contributed by atoms with Crippen molar-refractivity contribution >= 4 is 0 Å². The zero-order valence-corrected chi connectivity index (χ0v) is 17.1. The highest BCUT2D eigenvalue weighted by Crippen LogP contribution is 2.33. The SMILES string of the molecule is Cc1ccc(CCC2(N3CCN(Cc4ccccc4)CC3)CCOCC2)cn1. The first-order valence-electron chi connectivity index (χ1n) is 10.7. The van der Waals surface area contributed by atoms with Gasteiger partial charge in [0.1, 0.15) is 0 Å². The molecule has 0 atom stereocenters. The van der Waals surface area contributed by atoms with Gasteiger partial charge in [-0.3, -0.25) is 14.8 Å². The van der Waals surface area contributed by atoms with Crippen LogP contribution in [0.2, 0.25) is 0 Å². The maximum absolute atomic E-state index is 5.73. The molecule has 4 heteroatoms. The van der Waals surface area contributed by atoms with Gasteiger partial charge < -0.3 is 4.74 Å². The Labute approximate surface area is 169 Å². The molecule has 0 unspecified atom stereocenters. The zero-order chi connectivity index (χ0) is 19.2. The molecule has 2 saturated heterocycles. The van der Waals surface area contributed by atoms with E-state index in [4.69, 9.17) is 4.74 Å². The highest BCUT2D eigenvalue weighted by atomic mass is 16.5. The van der Waals surface area contributed by atoms with E-state index in [0.717, 1.165) is 57.8 Å². The molecule has 0 bridgehead atoms. The highest BCUT2D eigenvalue weighted by Gasteiger charge is 2.39. The Hall–Kier alpha value is -1.75. The van der Waals surface area contributed by atoms with Crippen molar-refractivity contribution in [2.75, 3.05) is 39.4 Å². The third kappa shape index (κ3) is 4.80. The fourth-order valence-electron chi connectivity index (χ4n) is 4.72. The van der Waals surface area contributed by atoms with Crippen LogP contribution in [0.15, 0.2) is 48.7 Å². The minimum Gasteiger partial charge on any atom is -0.381 e. The molecule has 4 nitrogen and oxygen atoms in total. The quantitative estimate of drug-likeness (QED) is 0.765. The number of aryl methyl sites for hydroxylation is 2. The molecule has 1 aromatic carbocycles. The van der Waals surface area contributed by atoms with Crippen LogP contribution in [0.3, 0.4) is 0 Å². The van der Waals surface area contributed by atoms with Crippen molar-refractivity contribution in [1.29, 1.82) is 0 Å². The number of hydrogen-bond donors (Lipinski definition) is 0. The van der Waals surface area contributed by atoms with E-state index in [0.29, 0.717) is 5.54 Å². The number of pyridine rings is 1. The number of nitrogens with zero attached hydrogens (tertiary/aromatic N) is 3. The molecule has 0 aliphatic carbocycles. The second-order valence-corrected chi connectivity index (χ2v) is 8.39. The molecule has 0 N–H and O–H groups in total. The second kappa shape index (κ2) is 9.17. The lowest BCUT2D eigenvalue weighted by Gasteiger charge is -2.50. The van der Waals surface area contributed by atoms with Crippen LogP contribution in [-0.2, 0) is 17.7 Å². The first kappa shape index (κ1) is 19.6. The maximum atomic E-state index is 5.73. The number of benzene rings is 1. The molecule has 28 heavy (non-hydrogen) atoms. The molecular formula is C24H33N3O. The summed E-state index contributed by atoms with van der Waals surface area (Å²) in [5.74, 6) is 0. The third-order valence-corrected chi connectivity index (χ3v) is 6.57. The Morgan fingerprint density at radius 3 is 2.36 bits per heavy atom. The summed E-state index contributed by atoms with van der Waals surface area (Å²) in [6, 6.07) is 15.2. The minimum atomic E-state index is 0.294. The van der Waals surface area contributed by atoms with Crippen LogP contribution in [0.5, 0.6) is 0 Å². The molecule has 2 aliphatic heterocycles. The minimum absolute atomic E-state index is 0.294. The molecule has 0 radical (unpaired) electrons. The lowest BCUT2D eigenvalue weighted by molar-refractivity contribution is -0.0521. The molecule has 4 rings (SSSR count). The van der Waals surface area contributed by atoms with E-state index in [2.05, 4.69) is 70.4 Å². The van der Waals surface area contributed by atoms with Crippen LogP contribution >= 0.6 is 0 Å². The van der Waals surface area contributed by atoms with Gasteiger partial charge in [0.25, 0.3) is 0 Å². The van der Waals surface area contributed by atoms with Crippen LogP contribution in [0.4, 0.5) is 0 Å². The summed E-state index contributed by atoms with van der Waals surface area (Å²) in [6.07, 6.45) is 6.69. The molecule has 2 aromatic rings. The van der Waals surface area contributed by atoms with Crippen molar-refractivity contribution in [3.63, 3.8) is 0 Å². The summed E-state index contributed by atoms with van der Waals surface area (Å²) in [4.78, 5) is 9.86. The van der Waals surface area contributed by atoms with Gasteiger partial charge in [0, 0.05) is 63.4 Å². The molecule has 0 saturated carbocycles. The fourth-order valence-corrected chi connectivity index (χ4v) is 4.72. The Balaban J connectivity index is 1.37. The molecule has 150 valence electrons. The molecule has 1 aromatic heterocycles. The van der Waals surface area contributed by atoms with E-state index in [1.165, 1.54) is 30.6 Å². The van der Waals surface area contributed by atoms with Gasteiger partial charge in [0.2, 0.25) is 0 Å². The third-order valence-electron chi connectivity index (χ3n) is 6.57. The summed E-state index contributed by atoms with van der Waals surface area (Å²) >= 11 is 0. The van der Waals surface area contributed by atoms with Crippen molar-refractivity contribution in [1.82, 2.24) is 14.8 Å². The Bertz CT molecular complexity index is 717. The van der Waals surface area contributed by atoms with E-state index in [1.807, 2.05) is 0 Å². The summed E-state index contributed by atoms with van der Waals surface area (Å²) in [7, 11) is 0. The van der Waals surface area contributed by atoms with E-state index in [9.17, 15) is 0 Å². The number of piperazine rings is 1. The van der Waals surface area contributed by atoms with Gasteiger partial charge in [-0.05, 0) is 49.8 Å². The Morgan fingerprint density at radius 2 is 1.68 bits per heavy atom. The molecule has 0 amide bonds. The van der Waals surface area contributed by atoms with E-state index >= 15 is 0 Å². The molecule has 2 aliphatic rings. The van der Waals surface area contributed by atoms with Gasteiger partial charge in [0.05, 0.1) is 0 Å². The van der Waals surface area contributed by atoms with Crippen LogP contribution in [0.1, 0.15) is 36.1 Å². The summed E-state index contributed by atoms with van der Waals surface area (Å²) in [5.41, 5.74) is 4.17.